The molecule has 2 fully saturated rings. The lowest BCUT2D eigenvalue weighted by atomic mass is 10.1. The number of aliphatic imine (C=N–C) groups is 1. The minimum Gasteiger partial charge on any atom is -0.481 e. The number of anilines is 1. The van der Waals surface area contributed by atoms with Crippen molar-refractivity contribution in [2.75, 3.05) is 25.1 Å². The number of carbonyl (C=O) groups excluding carboxylic acids is 1. The highest BCUT2D eigenvalue weighted by molar-refractivity contribution is 5.94. The molecule has 3 aliphatic rings. The lowest BCUT2D eigenvalue weighted by molar-refractivity contribution is 0.0796. The smallest absolute Gasteiger partial charge is 0.258 e. The Morgan fingerprint density at radius 3 is 2.78 bits per heavy atom. The monoisotopic (exact) mass is 510 g/mol. The second kappa shape index (κ2) is 10.1. The molecule has 3 heterocycles. The average Bonchev–Trinajstić information content (AvgIpc) is 3.44. The zero-order chi connectivity index (χ0) is 26.2. The van der Waals surface area contributed by atoms with Gasteiger partial charge in [-0.2, -0.15) is 10.1 Å². The summed E-state index contributed by atoms with van der Waals surface area (Å²) in [5.41, 5.74) is 3.43. The van der Waals surface area contributed by atoms with Crippen LogP contribution in [-0.4, -0.2) is 59.0 Å². The lowest BCUT2D eigenvalue weighted by Crippen LogP contribution is -2.34. The fraction of sp³-hybridized carbons (Fsp3) is 0.481. The van der Waals surface area contributed by atoms with Gasteiger partial charge >= 0.3 is 0 Å². The second-order valence-corrected chi connectivity index (χ2v) is 9.77. The molecule has 0 aromatic carbocycles. The summed E-state index contributed by atoms with van der Waals surface area (Å²) in [6.07, 6.45) is 11.7. The van der Waals surface area contributed by atoms with Crippen LogP contribution in [0.5, 0.6) is 5.88 Å². The molecule has 10 heteroatoms. The maximum absolute atomic E-state index is 13.5. The van der Waals surface area contributed by atoms with Crippen molar-refractivity contribution in [3.05, 3.63) is 59.1 Å². The predicted octanol–water partition coefficient (Wildman–Crippen LogP) is 4.24. The summed E-state index contributed by atoms with van der Waals surface area (Å²) in [7, 11) is 1.53. The van der Waals surface area contributed by atoms with Crippen LogP contribution in [0.2, 0.25) is 0 Å². The first-order valence-electron chi connectivity index (χ1n) is 12.7. The number of alkyl halides is 2. The third-order valence-electron chi connectivity index (χ3n) is 7.47. The Morgan fingerprint density at radius 2 is 2.08 bits per heavy atom. The summed E-state index contributed by atoms with van der Waals surface area (Å²) in [6.45, 7) is 4.85. The van der Waals surface area contributed by atoms with E-state index >= 15 is 0 Å². The van der Waals surface area contributed by atoms with E-state index < -0.39 is 17.8 Å². The lowest BCUT2D eigenvalue weighted by Gasteiger charge is -2.22. The van der Waals surface area contributed by atoms with Gasteiger partial charge in [-0.15, -0.1) is 0 Å². The number of allylic oxidation sites excluding steroid dienone is 3. The molecule has 196 valence electrons. The number of nitrogens with one attached hydrogen (secondary N) is 1. The molecule has 0 radical (unpaired) electrons. The molecule has 1 N–H and O–H groups in total. The number of hydrogen-bond donors (Lipinski definition) is 1. The summed E-state index contributed by atoms with van der Waals surface area (Å²) in [5.74, 6) is -2.82. The number of ether oxygens (including phenoxy) is 1. The van der Waals surface area contributed by atoms with E-state index in [0.29, 0.717) is 36.9 Å². The van der Waals surface area contributed by atoms with Crippen molar-refractivity contribution in [3.8, 4) is 5.88 Å². The van der Waals surface area contributed by atoms with Gasteiger partial charge in [-0.05, 0) is 50.8 Å². The average molecular weight is 511 g/mol. The van der Waals surface area contributed by atoms with E-state index in [9.17, 15) is 13.6 Å². The minimum absolute atomic E-state index is 0.124. The van der Waals surface area contributed by atoms with Crippen molar-refractivity contribution in [1.82, 2.24) is 20.1 Å². The molecule has 0 bridgehead atoms. The Hall–Kier alpha value is -3.56. The van der Waals surface area contributed by atoms with Gasteiger partial charge in [0.05, 0.1) is 49.0 Å². The van der Waals surface area contributed by atoms with Gasteiger partial charge in [-0.25, -0.2) is 8.78 Å². The van der Waals surface area contributed by atoms with Crippen LogP contribution < -0.4 is 15.0 Å². The van der Waals surface area contributed by atoms with Crippen LogP contribution in [0.1, 0.15) is 49.0 Å². The fourth-order valence-electron chi connectivity index (χ4n) is 5.37. The maximum atomic E-state index is 13.5. The van der Waals surface area contributed by atoms with E-state index in [0.717, 1.165) is 30.5 Å². The fourth-order valence-corrected chi connectivity index (χ4v) is 5.37. The summed E-state index contributed by atoms with van der Waals surface area (Å²) >= 11 is 0. The highest BCUT2D eigenvalue weighted by Crippen LogP contribution is 2.59. The predicted molar refractivity (Wildman–Crippen MR) is 137 cm³/mol. The number of methoxy groups -OCH3 is 1. The third-order valence-corrected chi connectivity index (χ3v) is 7.47. The molecule has 2 unspecified atom stereocenters. The van der Waals surface area contributed by atoms with E-state index in [4.69, 9.17) is 4.74 Å². The number of nitrogens with zero attached hydrogens (tertiary/aromatic N) is 5. The van der Waals surface area contributed by atoms with E-state index in [2.05, 4.69) is 26.5 Å². The van der Waals surface area contributed by atoms with Gasteiger partial charge in [0.25, 0.3) is 11.8 Å². The molecule has 8 nitrogen and oxygen atoms in total. The first-order chi connectivity index (χ1) is 17.8. The molecular formula is C27H32F2N6O2. The number of halogens is 2. The molecule has 5 rings (SSSR count). The first kappa shape index (κ1) is 25.1. The zero-order valence-electron chi connectivity index (χ0n) is 21.3. The minimum atomic E-state index is -2.53. The SMILES string of the molecule is CC=NC1=C(C/C=C/C)CC[C@H]1NC(=O)c1cnn(Cc2ccc(N3CC4C(C3)C4(F)F)nc2OC)c1. The van der Waals surface area contributed by atoms with Gasteiger partial charge < -0.3 is 15.0 Å². The third kappa shape index (κ3) is 4.89. The Kier molecular flexibility index (Phi) is 6.83. The summed E-state index contributed by atoms with van der Waals surface area (Å²) < 4.78 is 34.2. The Balaban J connectivity index is 1.23. The van der Waals surface area contributed by atoms with E-state index in [1.807, 2.05) is 37.0 Å². The topological polar surface area (TPSA) is 84.6 Å². The quantitative estimate of drug-likeness (QED) is 0.403. The Labute approximate surface area is 215 Å². The molecule has 1 amide bonds. The highest BCUT2D eigenvalue weighted by Gasteiger charge is 2.71. The number of pyridine rings is 1. The molecule has 0 spiro atoms. The van der Waals surface area contributed by atoms with Crippen LogP contribution in [0, 0.1) is 11.8 Å². The molecule has 3 atom stereocenters. The Bertz CT molecular complexity index is 1250. The van der Waals surface area contributed by atoms with E-state index in [1.54, 1.807) is 23.3 Å². The number of rotatable bonds is 9. The summed E-state index contributed by atoms with van der Waals surface area (Å²) in [5, 5.41) is 7.46. The van der Waals surface area contributed by atoms with Gasteiger partial charge in [0.1, 0.15) is 5.82 Å². The Morgan fingerprint density at radius 1 is 1.30 bits per heavy atom. The van der Waals surface area contributed by atoms with Crippen molar-refractivity contribution in [2.24, 2.45) is 16.8 Å². The van der Waals surface area contributed by atoms with Crippen molar-refractivity contribution >= 4 is 17.9 Å². The normalized spacial score (nSPS) is 24.4. The van der Waals surface area contributed by atoms with Gasteiger partial charge in [-0.3, -0.25) is 14.5 Å². The maximum Gasteiger partial charge on any atom is 0.258 e. The van der Waals surface area contributed by atoms with Crippen molar-refractivity contribution < 1.29 is 18.3 Å². The number of carbonyl (C=O) groups is 1. The van der Waals surface area contributed by atoms with Crippen LogP contribution in [-0.2, 0) is 6.54 Å². The number of piperidine rings is 1. The van der Waals surface area contributed by atoms with Crippen LogP contribution >= 0.6 is 0 Å². The standard InChI is InChI=1S/C27H32F2N6O2/c1-4-6-7-17-8-10-22(24(17)30-5-2)32-25(36)19-12-31-35(14-19)13-18-9-11-23(33-26(18)37-3)34-15-20-21(16-34)27(20,28)29/h4-6,9,11-12,14,20-22H,7-8,10,13,15-16H2,1-3H3,(H,32,36)/b6-4+,30-5?/t20?,21?,22-/m1/s1. The second-order valence-electron chi connectivity index (χ2n) is 9.77. The van der Waals surface area contributed by atoms with Crippen molar-refractivity contribution in [1.29, 1.82) is 0 Å². The van der Waals surface area contributed by atoms with E-state index in [-0.39, 0.29) is 11.9 Å². The van der Waals surface area contributed by atoms with Crippen molar-refractivity contribution in [3.63, 3.8) is 0 Å². The number of hydrogen-bond acceptors (Lipinski definition) is 6. The molecule has 37 heavy (non-hydrogen) atoms. The van der Waals surface area contributed by atoms with Gasteiger partial charge in [0.15, 0.2) is 0 Å². The molecule has 2 aromatic heterocycles. The number of aromatic nitrogens is 3. The first-order valence-corrected chi connectivity index (χ1v) is 12.7. The van der Waals surface area contributed by atoms with Gasteiger partial charge in [0, 0.05) is 31.1 Å². The highest BCUT2D eigenvalue weighted by atomic mass is 19.3. The van der Waals surface area contributed by atoms with Crippen LogP contribution in [0.25, 0.3) is 0 Å². The number of fused-ring (bicyclic) bond motifs is 1. The molecule has 2 aromatic rings. The van der Waals surface area contributed by atoms with Crippen LogP contribution in [0.3, 0.4) is 0 Å². The zero-order valence-corrected chi connectivity index (χ0v) is 21.3. The van der Waals surface area contributed by atoms with Gasteiger partial charge in [-0.1, -0.05) is 12.2 Å². The summed E-state index contributed by atoms with van der Waals surface area (Å²) in [6, 6.07) is 3.57. The number of amides is 1. The van der Waals surface area contributed by atoms with Crippen molar-refractivity contribution in [2.45, 2.75) is 51.6 Å². The molecule has 1 saturated heterocycles. The molecular weight excluding hydrogens is 478 g/mol. The van der Waals surface area contributed by atoms with Crippen LogP contribution in [0.4, 0.5) is 14.6 Å². The van der Waals surface area contributed by atoms with Gasteiger partial charge in [0.2, 0.25) is 5.88 Å². The van der Waals surface area contributed by atoms with Crippen LogP contribution in [0.15, 0.2) is 52.9 Å². The molecule has 2 aliphatic carbocycles. The molecule has 1 aliphatic heterocycles. The molecule has 1 saturated carbocycles. The largest absolute Gasteiger partial charge is 0.481 e. The summed E-state index contributed by atoms with van der Waals surface area (Å²) in [4.78, 5) is 24.0. The van der Waals surface area contributed by atoms with E-state index in [1.165, 1.54) is 12.7 Å².